The van der Waals surface area contributed by atoms with Crippen molar-refractivity contribution < 1.29 is 9.53 Å². The molecule has 7 nitrogen and oxygen atoms in total. The van der Waals surface area contributed by atoms with E-state index in [-0.39, 0.29) is 5.91 Å². The van der Waals surface area contributed by atoms with Gasteiger partial charge in [-0.05, 0) is 37.6 Å². The van der Waals surface area contributed by atoms with Gasteiger partial charge in [0.05, 0.1) is 19.3 Å². The summed E-state index contributed by atoms with van der Waals surface area (Å²) in [4.78, 5) is 18.3. The van der Waals surface area contributed by atoms with Crippen LogP contribution in [-0.4, -0.2) is 52.3 Å². The van der Waals surface area contributed by atoms with Gasteiger partial charge >= 0.3 is 0 Å². The number of pyridine rings is 1. The second-order valence-electron chi connectivity index (χ2n) is 7.85. The lowest BCUT2D eigenvalue weighted by Gasteiger charge is -2.32. The Balaban J connectivity index is 1.53. The average Bonchev–Trinajstić information content (AvgIpc) is 3.13. The maximum absolute atomic E-state index is 11.2. The van der Waals surface area contributed by atoms with Gasteiger partial charge < -0.3 is 10.1 Å². The van der Waals surface area contributed by atoms with Crippen molar-refractivity contribution in [1.29, 1.82) is 0 Å². The Morgan fingerprint density at radius 3 is 2.97 bits per heavy atom. The number of rotatable bonds is 7. The number of para-hydroxylation sites is 1. The largest absolute Gasteiger partial charge is 0.496 e. The van der Waals surface area contributed by atoms with Crippen molar-refractivity contribution in [3.63, 3.8) is 0 Å². The Bertz CT molecular complexity index is 1020. The molecule has 2 aromatic heterocycles. The summed E-state index contributed by atoms with van der Waals surface area (Å²) in [6.07, 6.45) is 4.06. The SMILES string of the molecule is COc1ccccc1CN1CCC[C@H](c2nn(CCNC(C)=O)c3ncccc23)C1. The molecule has 0 saturated carbocycles. The van der Waals surface area contributed by atoms with Crippen LogP contribution in [0.3, 0.4) is 0 Å². The van der Waals surface area contributed by atoms with Gasteiger partial charge in [-0.25, -0.2) is 9.67 Å². The number of hydrogen-bond donors (Lipinski definition) is 1. The highest BCUT2D eigenvalue weighted by Crippen LogP contribution is 2.32. The normalized spacial score (nSPS) is 17.2. The van der Waals surface area contributed by atoms with E-state index in [0.29, 0.717) is 19.0 Å². The van der Waals surface area contributed by atoms with Crippen LogP contribution in [0, 0.1) is 0 Å². The van der Waals surface area contributed by atoms with E-state index in [4.69, 9.17) is 9.84 Å². The van der Waals surface area contributed by atoms with Gasteiger partial charge in [-0.15, -0.1) is 0 Å². The molecule has 0 unspecified atom stereocenters. The number of nitrogens with one attached hydrogen (secondary N) is 1. The highest BCUT2D eigenvalue weighted by Gasteiger charge is 2.26. The second kappa shape index (κ2) is 9.26. The van der Waals surface area contributed by atoms with Crippen molar-refractivity contribution in [2.75, 3.05) is 26.7 Å². The molecule has 0 bridgehead atoms. The van der Waals surface area contributed by atoms with Gasteiger partial charge in [0, 0.05) is 49.6 Å². The quantitative estimate of drug-likeness (QED) is 0.652. The van der Waals surface area contributed by atoms with Crippen LogP contribution in [-0.2, 0) is 17.9 Å². The van der Waals surface area contributed by atoms with Crippen molar-refractivity contribution in [1.82, 2.24) is 25.0 Å². The van der Waals surface area contributed by atoms with Crippen LogP contribution >= 0.6 is 0 Å². The van der Waals surface area contributed by atoms with E-state index in [1.807, 2.05) is 22.9 Å². The van der Waals surface area contributed by atoms with E-state index in [9.17, 15) is 4.79 Å². The van der Waals surface area contributed by atoms with Crippen LogP contribution in [0.1, 0.15) is 36.9 Å². The van der Waals surface area contributed by atoms with Crippen LogP contribution < -0.4 is 10.1 Å². The molecule has 1 aliphatic rings. The van der Waals surface area contributed by atoms with Crippen molar-refractivity contribution in [3.05, 3.63) is 53.9 Å². The molecule has 1 aromatic carbocycles. The number of amides is 1. The van der Waals surface area contributed by atoms with Gasteiger partial charge in [-0.3, -0.25) is 9.69 Å². The molecule has 1 amide bonds. The Labute approximate surface area is 177 Å². The second-order valence-corrected chi connectivity index (χ2v) is 7.85. The number of fused-ring (bicyclic) bond motifs is 1. The molecule has 4 rings (SSSR count). The lowest BCUT2D eigenvalue weighted by molar-refractivity contribution is -0.118. The summed E-state index contributed by atoms with van der Waals surface area (Å²) in [7, 11) is 1.73. The maximum Gasteiger partial charge on any atom is 0.216 e. The van der Waals surface area contributed by atoms with Crippen molar-refractivity contribution >= 4 is 16.9 Å². The minimum absolute atomic E-state index is 0.0288. The zero-order chi connectivity index (χ0) is 20.9. The Hall–Kier alpha value is -2.93. The van der Waals surface area contributed by atoms with E-state index in [1.54, 1.807) is 13.3 Å². The standard InChI is InChI=1S/C23H29N5O2/c1-17(29)24-12-14-28-23-20(9-5-11-25-23)22(26-28)19-8-6-13-27(16-19)15-18-7-3-4-10-21(18)30-2/h3-5,7,9-11,19H,6,8,12-16H2,1-2H3,(H,24,29)/t19-/m0/s1. The summed E-state index contributed by atoms with van der Waals surface area (Å²) in [5, 5.41) is 8.90. The van der Waals surface area contributed by atoms with E-state index in [2.05, 4.69) is 33.4 Å². The number of hydrogen-bond acceptors (Lipinski definition) is 5. The van der Waals surface area contributed by atoms with E-state index < -0.39 is 0 Å². The number of carbonyl (C=O) groups excluding carboxylic acids is 1. The molecule has 1 saturated heterocycles. The minimum atomic E-state index is -0.0288. The summed E-state index contributed by atoms with van der Waals surface area (Å²) >= 11 is 0. The van der Waals surface area contributed by atoms with E-state index in [0.717, 1.165) is 55.0 Å². The Morgan fingerprint density at radius 2 is 2.13 bits per heavy atom. The van der Waals surface area contributed by atoms with Crippen molar-refractivity contribution in [3.8, 4) is 5.75 Å². The number of likely N-dealkylation sites (tertiary alicyclic amines) is 1. The van der Waals surface area contributed by atoms with Crippen LogP contribution in [0.4, 0.5) is 0 Å². The van der Waals surface area contributed by atoms with Gasteiger partial charge in [-0.2, -0.15) is 5.10 Å². The van der Waals surface area contributed by atoms with Gasteiger partial charge in [-0.1, -0.05) is 18.2 Å². The molecule has 1 fully saturated rings. The minimum Gasteiger partial charge on any atom is -0.496 e. The smallest absolute Gasteiger partial charge is 0.216 e. The number of ether oxygens (including phenoxy) is 1. The third-order valence-electron chi connectivity index (χ3n) is 5.71. The fraction of sp³-hybridized carbons (Fsp3) is 0.435. The number of aromatic nitrogens is 3. The molecule has 1 atom stereocenters. The van der Waals surface area contributed by atoms with E-state index in [1.165, 1.54) is 12.5 Å². The number of benzene rings is 1. The fourth-order valence-electron chi connectivity index (χ4n) is 4.33. The maximum atomic E-state index is 11.2. The molecule has 0 spiro atoms. The molecule has 30 heavy (non-hydrogen) atoms. The first-order chi connectivity index (χ1) is 14.7. The van der Waals surface area contributed by atoms with Gasteiger partial charge in [0.1, 0.15) is 5.75 Å². The highest BCUT2D eigenvalue weighted by molar-refractivity contribution is 5.79. The lowest BCUT2D eigenvalue weighted by Crippen LogP contribution is -2.34. The summed E-state index contributed by atoms with van der Waals surface area (Å²) < 4.78 is 7.46. The van der Waals surface area contributed by atoms with Gasteiger partial charge in [0.2, 0.25) is 5.91 Å². The zero-order valence-corrected chi connectivity index (χ0v) is 17.7. The van der Waals surface area contributed by atoms with Crippen LogP contribution in [0.5, 0.6) is 5.75 Å². The molecule has 158 valence electrons. The first kappa shape index (κ1) is 20.3. The first-order valence-electron chi connectivity index (χ1n) is 10.6. The average molecular weight is 408 g/mol. The third-order valence-corrected chi connectivity index (χ3v) is 5.71. The van der Waals surface area contributed by atoms with Gasteiger partial charge in [0.25, 0.3) is 0 Å². The van der Waals surface area contributed by atoms with E-state index >= 15 is 0 Å². The molecule has 3 heterocycles. The molecule has 1 N–H and O–H groups in total. The van der Waals surface area contributed by atoms with Crippen LogP contribution in [0.2, 0.25) is 0 Å². The molecule has 1 aliphatic heterocycles. The first-order valence-corrected chi connectivity index (χ1v) is 10.6. The number of piperidine rings is 1. The molecule has 7 heteroatoms. The molecular weight excluding hydrogens is 378 g/mol. The monoisotopic (exact) mass is 407 g/mol. The summed E-state index contributed by atoms with van der Waals surface area (Å²) in [6, 6.07) is 12.3. The number of methoxy groups -OCH3 is 1. The summed E-state index contributed by atoms with van der Waals surface area (Å²) in [5.41, 5.74) is 3.22. The molecule has 0 radical (unpaired) electrons. The summed E-state index contributed by atoms with van der Waals surface area (Å²) in [5.74, 6) is 1.28. The molecular formula is C23H29N5O2. The Kier molecular flexibility index (Phi) is 6.28. The third kappa shape index (κ3) is 4.46. The highest BCUT2D eigenvalue weighted by atomic mass is 16.5. The predicted molar refractivity (Wildman–Crippen MR) is 116 cm³/mol. The van der Waals surface area contributed by atoms with Crippen molar-refractivity contribution in [2.45, 2.75) is 38.8 Å². The fourth-order valence-corrected chi connectivity index (χ4v) is 4.33. The number of carbonyl (C=O) groups is 1. The van der Waals surface area contributed by atoms with Crippen molar-refractivity contribution in [2.24, 2.45) is 0 Å². The molecule has 3 aromatic rings. The topological polar surface area (TPSA) is 72.3 Å². The number of nitrogens with zero attached hydrogens (tertiary/aromatic N) is 4. The van der Waals surface area contributed by atoms with Crippen LogP contribution in [0.15, 0.2) is 42.6 Å². The zero-order valence-electron chi connectivity index (χ0n) is 17.7. The van der Waals surface area contributed by atoms with Crippen LogP contribution in [0.25, 0.3) is 11.0 Å². The molecule has 0 aliphatic carbocycles. The lowest BCUT2D eigenvalue weighted by atomic mass is 9.93. The predicted octanol–water partition coefficient (Wildman–Crippen LogP) is 2.96. The van der Waals surface area contributed by atoms with Gasteiger partial charge in [0.15, 0.2) is 5.65 Å². The Morgan fingerprint density at radius 1 is 1.27 bits per heavy atom. The summed E-state index contributed by atoms with van der Waals surface area (Å²) in [6.45, 7) is 5.61.